The maximum Gasteiger partial charge on any atom is 0.00485 e. The molecule has 0 saturated carbocycles. The van der Waals surface area contributed by atoms with Crippen LogP contribution in [0.1, 0.15) is 22.4 Å². The van der Waals surface area contributed by atoms with E-state index in [-0.39, 0.29) is 0 Å². The molecule has 17 heavy (non-hydrogen) atoms. The summed E-state index contributed by atoms with van der Waals surface area (Å²) in [7, 11) is 0. The standard InChI is InChI=1S/C15H19NS/c16-10-2-6-13-4-1-5-14(12-13)8-9-15-7-3-11-17-15/h1,3-5,7,11-12H,2,6,8-10,16H2. The predicted molar refractivity (Wildman–Crippen MR) is 75.5 cm³/mol. The van der Waals surface area contributed by atoms with Crippen LogP contribution in [0.15, 0.2) is 41.8 Å². The fourth-order valence-corrected chi connectivity index (χ4v) is 2.68. The normalized spacial score (nSPS) is 10.6. The number of hydrogen-bond donors (Lipinski definition) is 1. The fraction of sp³-hybridized carbons (Fsp3) is 0.333. The summed E-state index contributed by atoms with van der Waals surface area (Å²) in [4.78, 5) is 1.47. The van der Waals surface area contributed by atoms with Crippen LogP contribution in [0.5, 0.6) is 0 Å². The summed E-state index contributed by atoms with van der Waals surface area (Å²) in [5.41, 5.74) is 8.39. The topological polar surface area (TPSA) is 26.0 Å². The van der Waals surface area contributed by atoms with Crippen LogP contribution in [0, 0.1) is 0 Å². The Hall–Kier alpha value is -1.12. The molecule has 2 heteroatoms. The van der Waals surface area contributed by atoms with Crippen molar-refractivity contribution in [1.82, 2.24) is 0 Å². The van der Waals surface area contributed by atoms with Crippen molar-refractivity contribution in [2.24, 2.45) is 5.73 Å². The van der Waals surface area contributed by atoms with E-state index in [9.17, 15) is 0 Å². The Balaban J connectivity index is 1.91. The van der Waals surface area contributed by atoms with E-state index in [2.05, 4.69) is 41.8 Å². The van der Waals surface area contributed by atoms with Gasteiger partial charge in [0.25, 0.3) is 0 Å². The average Bonchev–Trinajstić information content (AvgIpc) is 2.87. The molecule has 0 atom stereocenters. The van der Waals surface area contributed by atoms with E-state index in [1.165, 1.54) is 16.0 Å². The van der Waals surface area contributed by atoms with Crippen LogP contribution >= 0.6 is 11.3 Å². The second-order valence-corrected chi connectivity index (χ2v) is 5.32. The lowest BCUT2D eigenvalue weighted by atomic mass is 10.0. The smallest absolute Gasteiger partial charge is 0.00485 e. The SMILES string of the molecule is NCCCc1cccc(CCc2cccs2)c1. The number of nitrogens with two attached hydrogens (primary N) is 1. The number of thiophene rings is 1. The molecule has 0 aliphatic heterocycles. The molecule has 2 rings (SSSR count). The van der Waals surface area contributed by atoms with Gasteiger partial charge in [0.05, 0.1) is 0 Å². The molecule has 0 saturated heterocycles. The van der Waals surface area contributed by atoms with Gasteiger partial charge in [-0.1, -0.05) is 30.3 Å². The highest BCUT2D eigenvalue weighted by atomic mass is 32.1. The van der Waals surface area contributed by atoms with Gasteiger partial charge in [0.2, 0.25) is 0 Å². The van der Waals surface area contributed by atoms with Crippen molar-refractivity contribution in [3.05, 3.63) is 57.8 Å². The van der Waals surface area contributed by atoms with E-state index < -0.39 is 0 Å². The van der Waals surface area contributed by atoms with Crippen molar-refractivity contribution in [3.8, 4) is 0 Å². The van der Waals surface area contributed by atoms with Gasteiger partial charge in [0.15, 0.2) is 0 Å². The van der Waals surface area contributed by atoms with E-state index in [1.807, 2.05) is 11.3 Å². The number of rotatable bonds is 6. The van der Waals surface area contributed by atoms with Crippen molar-refractivity contribution in [2.75, 3.05) is 6.54 Å². The van der Waals surface area contributed by atoms with E-state index in [1.54, 1.807) is 0 Å². The van der Waals surface area contributed by atoms with Gasteiger partial charge in [-0.3, -0.25) is 0 Å². The second kappa shape index (κ2) is 6.58. The molecule has 0 spiro atoms. The Morgan fingerprint density at radius 2 is 1.76 bits per heavy atom. The van der Waals surface area contributed by atoms with Crippen LogP contribution in [0.3, 0.4) is 0 Å². The number of aryl methyl sites for hydroxylation is 3. The van der Waals surface area contributed by atoms with Gasteiger partial charge in [0.1, 0.15) is 0 Å². The second-order valence-electron chi connectivity index (χ2n) is 4.29. The van der Waals surface area contributed by atoms with Crippen molar-refractivity contribution < 1.29 is 0 Å². The van der Waals surface area contributed by atoms with Crippen LogP contribution < -0.4 is 5.73 Å². The predicted octanol–water partition coefficient (Wildman–Crippen LogP) is 3.42. The van der Waals surface area contributed by atoms with E-state index >= 15 is 0 Å². The highest BCUT2D eigenvalue weighted by Gasteiger charge is 1.98. The molecule has 1 heterocycles. The van der Waals surface area contributed by atoms with Crippen LogP contribution in [-0.4, -0.2) is 6.54 Å². The van der Waals surface area contributed by atoms with E-state index in [4.69, 9.17) is 5.73 Å². The third-order valence-electron chi connectivity index (χ3n) is 2.90. The number of hydrogen-bond acceptors (Lipinski definition) is 2. The Morgan fingerprint density at radius 3 is 2.47 bits per heavy atom. The van der Waals surface area contributed by atoms with Crippen LogP contribution in [0.25, 0.3) is 0 Å². The zero-order chi connectivity index (χ0) is 11.9. The Kier molecular flexibility index (Phi) is 4.77. The molecule has 90 valence electrons. The zero-order valence-electron chi connectivity index (χ0n) is 10.1. The average molecular weight is 245 g/mol. The lowest BCUT2D eigenvalue weighted by molar-refractivity contribution is 0.830. The third kappa shape index (κ3) is 3.99. The maximum absolute atomic E-state index is 5.54. The molecule has 0 amide bonds. The molecule has 2 aromatic rings. The Labute approximate surface area is 107 Å². The van der Waals surface area contributed by atoms with Crippen LogP contribution in [-0.2, 0) is 19.3 Å². The van der Waals surface area contributed by atoms with Crippen molar-refractivity contribution in [3.63, 3.8) is 0 Å². The van der Waals surface area contributed by atoms with Gasteiger partial charge in [-0.25, -0.2) is 0 Å². The summed E-state index contributed by atoms with van der Waals surface area (Å²) >= 11 is 1.84. The van der Waals surface area contributed by atoms with Gasteiger partial charge in [-0.15, -0.1) is 11.3 Å². The minimum absolute atomic E-state index is 0.777. The summed E-state index contributed by atoms with van der Waals surface area (Å²) in [6, 6.07) is 13.2. The molecule has 0 radical (unpaired) electrons. The molecule has 1 aromatic carbocycles. The Morgan fingerprint density at radius 1 is 0.941 bits per heavy atom. The summed E-state index contributed by atoms with van der Waals surface area (Å²) in [5, 5.41) is 2.15. The maximum atomic E-state index is 5.54. The molecule has 0 fully saturated rings. The van der Waals surface area contributed by atoms with Gasteiger partial charge in [-0.2, -0.15) is 0 Å². The molecule has 0 unspecified atom stereocenters. The lowest BCUT2D eigenvalue weighted by Gasteiger charge is -2.04. The van der Waals surface area contributed by atoms with Crippen molar-refractivity contribution >= 4 is 11.3 Å². The summed E-state index contributed by atoms with van der Waals surface area (Å²) in [5.74, 6) is 0. The summed E-state index contributed by atoms with van der Waals surface area (Å²) in [6.45, 7) is 0.777. The molecular formula is C15H19NS. The van der Waals surface area contributed by atoms with Crippen LogP contribution in [0.4, 0.5) is 0 Å². The minimum Gasteiger partial charge on any atom is -0.330 e. The number of benzene rings is 1. The van der Waals surface area contributed by atoms with Gasteiger partial charge < -0.3 is 5.73 Å². The van der Waals surface area contributed by atoms with Crippen molar-refractivity contribution in [2.45, 2.75) is 25.7 Å². The van der Waals surface area contributed by atoms with Crippen molar-refractivity contribution in [1.29, 1.82) is 0 Å². The first-order chi connectivity index (χ1) is 8.38. The van der Waals surface area contributed by atoms with E-state index in [0.29, 0.717) is 0 Å². The third-order valence-corrected chi connectivity index (χ3v) is 3.84. The summed E-state index contributed by atoms with van der Waals surface area (Å²) < 4.78 is 0. The monoisotopic (exact) mass is 245 g/mol. The molecule has 0 bridgehead atoms. The van der Waals surface area contributed by atoms with E-state index in [0.717, 1.165) is 32.2 Å². The molecule has 1 nitrogen and oxygen atoms in total. The highest BCUT2D eigenvalue weighted by molar-refractivity contribution is 7.09. The first-order valence-corrected chi connectivity index (χ1v) is 7.07. The zero-order valence-corrected chi connectivity index (χ0v) is 10.9. The minimum atomic E-state index is 0.777. The van der Waals surface area contributed by atoms with Gasteiger partial charge >= 0.3 is 0 Å². The lowest BCUT2D eigenvalue weighted by Crippen LogP contribution is -2.00. The molecule has 0 aliphatic rings. The first kappa shape index (κ1) is 12.3. The largest absolute Gasteiger partial charge is 0.330 e. The highest BCUT2D eigenvalue weighted by Crippen LogP contribution is 2.14. The molecule has 0 aliphatic carbocycles. The van der Waals surface area contributed by atoms with Gasteiger partial charge in [0, 0.05) is 4.88 Å². The van der Waals surface area contributed by atoms with Gasteiger partial charge in [-0.05, 0) is 54.8 Å². The molecule has 2 N–H and O–H groups in total. The quantitative estimate of drug-likeness (QED) is 0.829. The molecule has 1 aromatic heterocycles. The fourth-order valence-electron chi connectivity index (χ4n) is 1.97. The van der Waals surface area contributed by atoms with Crippen LogP contribution in [0.2, 0.25) is 0 Å². The Bertz CT molecular complexity index is 434. The summed E-state index contributed by atoms with van der Waals surface area (Å²) in [6.07, 6.45) is 4.46. The molecular weight excluding hydrogens is 226 g/mol. The first-order valence-electron chi connectivity index (χ1n) is 6.19.